The van der Waals surface area contributed by atoms with Crippen LogP contribution in [-0.4, -0.2) is 11.4 Å². The van der Waals surface area contributed by atoms with E-state index in [-0.39, 0.29) is 136 Å². The first-order chi connectivity index (χ1) is 15.4. The normalized spacial score (nSPS) is 10.6. The van der Waals surface area contributed by atoms with Crippen molar-refractivity contribution in [1.29, 1.82) is 0 Å². The number of hydrogen-bond acceptors (Lipinski definition) is 5. The minimum Gasteiger partial charge on any atom is -0.871 e. The Kier molecular flexibility index (Phi) is 13.2. The van der Waals surface area contributed by atoms with Crippen LogP contribution in [0.5, 0.6) is 5.75 Å². The molecule has 2 N–H and O–H groups in total. The molecule has 2 aromatic rings. The summed E-state index contributed by atoms with van der Waals surface area (Å²) in [5.41, 5.74) is -0.643. The zero-order valence-electron chi connectivity index (χ0n) is 17.7. The predicted molar refractivity (Wildman–Crippen MR) is 143 cm³/mol. The van der Waals surface area contributed by atoms with Crippen LogP contribution in [0.2, 0.25) is 20.1 Å². The van der Waals surface area contributed by atoms with Crippen LogP contribution in [0.25, 0.3) is 33.4 Å². The maximum atomic E-state index is 12.5. The van der Waals surface area contributed by atoms with E-state index in [1.165, 1.54) is 12.1 Å². The Labute approximate surface area is 300 Å². The summed E-state index contributed by atoms with van der Waals surface area (Å²) in [5, 5.41) is 23.9. The van der Waals surface area contributed by atoms with Gasteiger partial charge in [-0.15, -0.1) is 0 Å². The number of benzene rings is 3. The first-order valence-corrected chi connectivity index (χ1v) is 13.1. The zero-order valence-corrected chi connectivity index (χ0v) is 31.1. The number of carboxylic acids is 1. The van der Waals surface area contributed by atoms with Gasteiger partial charge in [0.05, 0.1) is 35.0 Å². The minimum atomic E-state index is -1.67. The Hall–Kier alpha value is 1.44. The summed E-state index contributed by atoms with van der Waals surface area (Å²) in [5.74, 6) is -2.09. The van der Waals surface area contributed by atoms with Crippen molar-refractivity contribution >= 4 is 127 Å². The number of fused-ring (bicyclic) bond motifs is 2. The zero-order chi connectivity index (χ0) is 24.5. The third kappa shape index (κ3) is 5.76. The van der Waals surface area contributed by atoms with Crippen LogP contribution in [0.3, 0.4) is 0 Å². The SMILES string of the molecule is O.O=C([O-])c1c(Cl)c(Cl)c(Cl)c(Cl)c1-c1c2cc(Br)c(=O)c(Br)c-2oc2c(Br)c([O-])c(Br)cc12.[Na+].[Na+]. The molecule has 16 heteroatoms. The first-order valence-electron chi connectivity index (χ1n) is 8.39. The third-order valence-corrected chi connectivity index (χ3v) is 9.15. The number of hydrogen-bond donors (Lipinski definition) is 0. The van der Waals surface area contributed by atoms with Gasteiger partial charge in [-0.1, -0.05) is 68.1 Å². The molecular formula is C20H4Br4Cl4Na2O6. The van der Waals surface area contributed by atoms with Crippen molar-refractivity contribution in [2.45, 2.75) is 0 Å². The molecule has 0 spiro atoms. The van der Waals surface area contributed by atoms with E-state index in [1.807, 2.05) is 0 Å². The van der Waals surface area contributed by atoms with E-state index in [2.05, 4.69) is 63.7 Å². The summed E-state index contributed by atoms with van der Waals surface area (Å²) in [4.78, 5) is 24.7. The topological polar surface area (TPSA) is 125 Å². The van der Waals surface area contributed by atoms with Crippen LogP contribution in [0.15, 0.2) is 39.2 Å². The number of halogens is 8. The van der Waals surface area contributed by atoms with Gasteiger partial charge < -0.3 is 24.9 Å². The molecule has 0 saturated carbocycles. The van der Waals surface area contributed by atoms with Gasteiger partial charge in [0.1, 0.15) is 10.1 Å². The Bertz CT molecular complexity index is 1580. The monoisotopic (exact) mass is 842 g/mol. The van der Waals surface area contributed by atoms with Crippen LogP contribution in [0.4, 0.5) is 0 Å². The number of carbonyl (C=O) groups is 1. The molecule has 2 aromatic carbocycles. The van der Waals surface area contributed by atoms with Crippen molar-refractivity contribution in [2.75, 3.05) is 0 Å². The maximum absolute atomic E-state index is 12.5. The van der Waals surface area contributed by atoms with Crippen LogP contribution in [-0.2, 0) is 0 Å². The molecule has 0 saturated heterocycles. The molecular weight excluding hydrogens is 844 g/mol. The molecule has 6 nitrogen and oxygen atoms in total. The van der Waals surface area contributed by atoms with Gasteiger partial charge in [-0.3, -0.25) is 4.79 Å². The quantitative estimate of drug-likeness (QED) is 0.128. The third-order valence-electron chi connectivity index (χ3n) is 4.73. The largest absolute Gasteiger partial charge is 1.00 e. The van der Waals surface area contributed by atoms with Crippen molar-refractivity contribution in [2.24, 2.45) is 0 Å². The molecule has 4 rings (SSSR count). The predicted octanol–water partition coefficient (Wildman–Crippen LogP) is 0.849. The molecule has 0 atom stereocenters. The fourth-order valence-corrected chi connectivity index (χ4v) is 6.74. The van der Waals surface area contributed by atoms with Gasteiger partial charge in [-0.2, -0.15) is 0 Å². The summed E-state index contributed by atoms with van der Waals surface area (Å²) < 4.78 is 6.27. The molecule has 36 heavy (non-hydrogen) atoms. The summed E-state index contributed by atoms with van der Waals surface area (Å²) in [6.07, 6.45) is 0. The maximum Gasteiger partial charge on any atom is 1.00 e. The van der Waals surface area contributed by atoms with Crippen molar-refractivity contribution in [3.8, 4) is 28.2 Å². The van der Waals surface area contributed by atoms with Gasteiger partial charge in [-0.25, -0.2) is 0 Å². The molecule has 1 aliphatic heterocycles. The fourth-order valence-electron chi connectivity index (χ4n) is 3.31. The molecule has 0 aromatic heterocycles. The van der Waals surface area contributed by atoms with Crippen LogP contribution in [0, 0.1) is 0 Å². The molecule has 0 fully saturated rings. The van der Waals surface area contributed by atoms with E-state index in [0.29, 0.717) is 0 Å². The number of aromatic carboxylic acids is 1. The van der Waals surface area contributed by atoms with E-state index in [4.69, 9.17) is 50.8 Å². The fraction of sp³-hybridized carbons (Fsp3) is 0. The minimum absolute atomic E-state index is 0. The van der Waals surface area contributed by atoms with Crippen LogP contribution in [0.1, 0.15) is 10.4 Å². The van der Waals surface area contributed by atoms with E-state index in [9.17, 15) is 19.8 Å². The number of carbonyl (C=O) groups excluding carboxylic acids is 1. The molecule has 0 unspecified atom stereocenters. The second-order valence-electron chi connectivity index (χ2n) is 6.53. The molecule has 2 aliphatic rings. The van der Waals surface area contributed by atoms with Gasteiger partial charge in [-0.05, 0) is 59.9 Å². The van der Waals surface area contributed by atoms with Crippen molar-refractivity contribution in [3.05, 3.63) is 65.9 Å². The second kappa shape index (κ2) is 13.4. The van der Waals surface area contributed by atoms with E-state index in [1.54, 1.807) is 0 Å². The summed E-state index contributed by atoms with van der Waals surface area (Å²) in [7, 11) is 0. The van der Waals surface area contributed by atoms with Gasteiger partial charge >= 0.3 is 59.1 Å². The Balaban J connectivity index is 0.00000216. The van der Waals surface area contributed by atoms with Crippen molar-refractivity contribution < 1.29 is 84.0 Å². The summed E-state index contributed by atoms with van der Waals surface area (Å²) in [6, 6.07) is 2.86. The molecule has 1 aliphatic carbocycles. The van der Waals surface area contributed by atoms with Crippen LogP contribution < -0.4 is 74.8 Å². The molecule has 0 bridgehead atoms. The second-order valence-corrected chi connectivity index (χ2v) is 11.3. The van der Waals surface area contributed by atoms with E-state index in [0.717, 1.165) is 0 Å². The van der Waals surface area contributed by atoms with Crippen molar-refractivity contribution in [1.82, 2.24) is 0 Å². The molecule has 1 heterocycles. The molecule has 178 valence electrons. The van der Waals surface area contributed by atoms with Crippen LogP contribution >= 0.6 is 110 Å². The summed E-state index contributed by atoms with van der Waals surface area (Å²) in [6.45, 7) is 0. The average Bonchev–Trinajstić information content (AvgIpc) is 2.76. The van der Waals surface area contributed by atoms with Gasteiger partial charge in [0.15, 0.2) is 5.76 Å². The van der Waals surface area contributed by atoms with Gasteiger partial charge in [0.2, 0.25) is 5.43 Å². The molecule has 0 radical (unpaired) electrons. The van der Waals surface area contributed by atoms with E-state index < -0.39 is 22.7 Å². The first kappa shape index (κ1) is 35.5. The van der Waals surface area contributed by atoms with Gasteiger partial charge in [0.25, 0.3) is 0 Å². The number of carboxylic acid groups (broad SMARTS) is 1. The van der Waals surface area contributed by atoms with Crippen molar-refractivity contribution in [3.63, 3.8) is 0 Å². The van der Waals surface area contributed by atoms with E-state index >= 15 is 0 Å². The Morgan fingerprint density at radius 1 is 0.833 bits per heavy atom. The standard InChI is InChI=1S/C20H4Br4Cl4O5.2Na.H2O/c21-5-1-3-7(8-9(20(31)32)13(26)15(28)14(27)12(8)25)4-2-6(22)17(30)11(24)19(4)33-18(3)10(23)16(5)29;;;/h1-2,29H,(H,31,32);;;1H2/q;2*+1;/p-2. The average molecular weight is 848 g/mol. The Morgan fingerprint density at radius 2 is 1.39 bits per heavy atom. The van der Waals surface area contributed by atoms with Gasteiger partial charge in [0, 0.05) is 32.1 Å². The number of rotatable bonds is 2. The Morgan fingerprint density at radius 3 is 1.94 bits per heavy atom. The molecule has 0 amide bonds. The summed E-state index contributed by atoms with van der Waals surface area (Å²) >= 11 is 37.9. The smallest absolute Gasteiger partial charge is 0.871 e.